The molecule has 0 saturated heterocycles. The van der Waals surface area contributed by atoms with Crippen LogP contribution in [0.4, 0.5) is 0 Å². The average molecular weight is 278 g/mol. The van der Waals surface area contributed by atoms with Gasteiger partial charge in [-0.15, -0.1) is 11.6 Å². The van der Waals surface area contributed by atoms with E-state index in [-0.39, 0.29) is 11.7 Å². The number of aromatic nitrogens is 1. The van der Waals surface area contributed by atoms with Crippen molar-refractivity contribution < 1.29 is 9.53 Å². The molecule has 4 heteroatoms. The normalized spacial score (nSPS) is 10.5. The van der Waals surface area contributed by atoms with E-state index in [1.165, 1.54) is 0 Å². The summed E-state index contributed by atoms with van der Waals surface area (Å²) in [6.07, 6.45) is 0. The first-order valence-electron chi connectivity index (χ1n) is 6.01. The topological polar surface area (TPSA) is 31.2 Å². The van der Waals surface area contributed by atoms with Crippen molar-refractivity contribution in [2.75, 3.05) is 13.0 Å². The summed E-state index contributed by atoms with van der Waals surface area (Å²) in [6.45, 7) is 3.89. The van der Waals surface area contributed by atoms with Gasteiger partial charge in [-0.05, 0) is 32.0 Å². The van der Waals surface area contributed by atoms with Gasteiger partial charge in [-0.3, -0.25) is 4.79 Å². The molecule has 0 aliphatic carbocycles. The van der Waals surface area contributed by atoms with E-state index in [2.05, 4.69) is 0 Å². The molecule has 0 amide bonds. The zero-order valence-electron chi connectivity index (χ0n) is 11.2. The average Bonchev–Trinajstić information content (AvgIpc) is 2.73. The Kier molecular flexibility index (Phi) is 3.96. The maximum atomic E-state index is 11.8. The van der Waals surface area contributed by atoms with Crippen LogP contribution in [-0.4, -0.2) is 23.3 Å². The van der Waals surface area contributed by atoms with Crippen LogP contribution in [0.3, 0.4) is 0 Å². The molecule has 2 aromatic rings. The number of ketones is 1. The number of Topliss-reactive ketones (excluding diaryl/α,β-unsaturated/α-hetero) is 1. The molecule has 19 heavy (non-hydrogen) atoms. The van der Waals surface area contributed by atoms with Crippen LogP contribution in [0.15, 0.2) is 30.3 Å². The smallest absolute Gasteiger partial charge is 0.179 e. The van der Waals surface area contributed by atoms with Crippen LogP contribution in [0, 0.1) is 13.8 Å². The molecule has 2 rings (SSSR count). The van der Waals surface area contributed by atoms with Crippen molar-refractivity contribution in [2.24, 2.45) is 0 Å². The highest BCUT2D eigenvalue weighted by Gasteiger charge is 2.15. The Bertz CT molecular complexity index is 617. The number of hydrogen-bond acceptors (Lipinski definition) is 2. The number of rotatable bonds is 4. The summed E-state index contributed by atoms with van der Waals surface area (Å²) < 4.78 is 7.26. The quantitative estimate of drug-likeness (QED) is 0.632. The van der Waals surface area contributed by atoms with Crippen LogP contribution in [0.25, 0.3) is 5.69 Å². The lowest BCUT2D eigenvalue weighted by Gasteiger charge is -2.11. The molecule has 0 aliphatic heterocycles. The summed E-state index contributed by atoms with van der Waals surface area (Å²) in [7, 11) is 1.64. The Balaban J connectivity index is 2.56. The summed E-state index contributed by atoms with van der Waals surface area (Å²) >= 11 is 5.63. The van der Waals surface area contributed by atoms with Gasteiger partial charge in [-0.25, -0.2) is 0 Å². The van der Waals surface area contributed by atoms with Gasteiger partial charge in [0.1, 0.15) is 5.75 Å². The minimum Gasteiger partial charge on any atom is -0.497 e. The van der Waals surface area contributed by atoms with E-state index in [0.717, 1.165) is 22.8 Å². The van der Waals surface area contributed by atoms with E-state index in [0.29, 0.717) is 5.56 Å². The van der Waals surface area contributed by atoms with Crippen molar-refractivity contribution in [2.45, 2.75) is 13.8 Å². The number of nitrogens with zero attached hydrogens (tertiary/aromatic N) is 1. The van der Waals surface area contributed by atoms with Crippen molar-refractivity contribution in [3.8, 4) is 11.4 Å². The first-order valence-corrected chi connectivity index (χ1v) is 6.54. The van der Waals surface area contributed by atoms with Crippen LogP contribution in [0.1, 0.15) is 21.7 Å². The molecule has 0 atom stereocenters. The molecular weight excluding hydrogens is 262 g/mol. The van der Waals surface area contributed by atoms with Crippen molar-refractivity contribution in [3.05, 3.63) is 47.3 Å². The second kappa shape index (κ2) is 5.49. The third kappa shape index (κ3) is 2.51. The summed E-state index contributed by atoms with van der Waals surface area (Å²) in [5, 5.41) is 0. The maximum absolute atomic E-state index is 11.8. The van der Waals surface area contributed by atoms with E-state index in [1.54, 1.807) is 7.11 Å². The van der Waals surface area contributed by atoms with Crippen molar-refractivity contribution >= 4 is 17.4 Å². The van der Waals surface area contributed by atoms with Gasteiger partial charge in [0.15, 0.2) is 5.78 Å². The fraction of sp³-hybridized carbons (Fsp3) is 0.267. The molecule has 0 spiro atoms. The molecule has 1 aromatic heterocycles. The van der Waals surface area contributed by atoms with Gasteiger partial charge in [0.2, 0.25) is 0 Å². The van der Waals surface area contributed by atoms with E-state index >= 15 is 0 Å². The van der Waals surface area contributed by atoms with Crippen LogP contribution in [-0.2, 0) is 0 Å². The first-order chi connectivity index (χ1) is 9.08. The molecule has 0 N–H and O–H groups in total. The second-order valence-electron chi connectivity index (χ2n) is 4.38. The Morgan fingerprint density at radius 1 is 1.32 bits per heavy atom. The van der Waals surface area contributed by atoms with Crippen LogP contribution in [0.2, 0.25) is 0 Å². The zero-order valence-corrected chi connectivity index (χ0v) is 12.0. The SMILES string of the molecule is COc1cccc(-n2c(C)cc(C(=O)CCl)c2C)c1. The number of carbonyl (C=O) groups is 1. The monoisotopic (exact) mass is 277 g/mol. The summed E-state index contributed by atoms with van der Waals surface area (Å²) in [6, 6.07) is 9.62. The van der Waals surface area contributed by atoms with Crippen LogP contribution in [0.5, 0.6) is 5.75 Å². The van der Waals surface area contributed by atoms with Gasteiger partial charge in [0.25, 0.3) is 0 Å². The molecule has 1 heterocycles. The van der Waals surface area contributed by atoms with E-state index in [1.807, 2.05) is 48.7 Å². The van der Waals surface area contributed by atoms with Gasteiger partial charge < -0.3 is 9.30 Å². The number of alkyl halides is 1. The lowest BCUT2D eigenvalue weighted by atomic mass is 10.2. The largest absolute Gasteiger partial charge is 0.497 e. The maximum Gasteiger partial charge on any atom is 0.179 e. The van der Waals surface area contributed by atoms with Gasteiger partial charge in [0.05, 0.1) is 13.0 Å². The first kappa shape index (κ1) is 13.7. The van der Waals surface area contributed by atoms with Crippen molar-refractivity contribution in [1.82, 2.24) is 4.57 Å². The predicted molar refractivity (Wildman–Crippen MR) is 76.8 cm³/mol. The fourth-order valence-electron chi connectivity index (χ4n) is 2.26. The van der Waals surface area contributed by atoms with Gasteiger partial charge in [-0.2, -0.15) is 0 Å². The van der Waals surface area contributed by atoms with Gasteiger partial charge in [0, 0.05) is 28.7 Å². The van der Waals surface area contributed by atoms with E-state index in [9.17, 15) is 4.79 Å². The molecular formula is C15H16ClNO2. The fourth-order valence-corrected chi connectivity index (χ4v) is 2.41. The summed E-state index contributed by atoms with van der Waals surface area (Å²) in [5.74, 6) is 0.738. The molecule has 0 saturated carbocycles. The molecule has 1 aromatic carbocycles. The van der Waals surface area contributed by atoms with Crippen molar-refractivity contribution in [3.63, 3.8) is 0 Å². The number of halogens is 1. The molecule has 0 radical (unpaired) electrons. The number of carbonyl (C=O) groups excluding carboxylic acids is 1. The number of aryl methyl sites for hydroxylation is 1. The van der Waals surface area contributed by atoms with Gasteiger partial charge >= 0.3 is 0 Å². The number of hydrogen-bond donors (Lipinski definition) is 0. The Morgan fingerprint density at radius 3 is 2.68 bits per heavy atom. The van der Waals surface area contributed by atoms with Crippen molar-refractivity contribution in [1.29, 1.82) is 0 Å². The van der Waals surface area contributed by atoms with Crippen LogP contribution >= 0.6 is 11.6 Å². The van der Waals surface area contributed by atoms with Crippen LogP contribution < -0.4 is 4.74 Å². The Labute approximate surface area is 117 Å². The molecule has 0 unspecified atom stereocenters. The van der Waals surface area contributed by atoms with Gasteiger partial charge in [-0.1, -0.05) is 6.07 Å². The molecule has 0 fully saturated rings. The Morgan fingerprint density at radius 2 is 2.05 bits per heavy atom. The third-order valence-corrected chi connectivity index (χ3v) is 3.41. The lowest BCUT2D eigenvalue weighted by Crippen LogP contribution is -2.04. The summed E-state index contributed by atoms with van der Waals surface area (Å²) in [4.78, 5) is 11.8. The highest BCUT2D eigenvalue weighted by Crippen LogP contribution is 2.24. The molecule has 0 aliphatic rings. The number of methoxy groups -OCH3 is 1. The highest BCUT2D eigenvalue weighted by molar-refractivity contribution is 6.30. The second-order valence-corrected chi connectivity index (χ2v) is 4.65. The number of benzene rings is 1. The summed E-state index contributed by atoms with van der Waals surface area (Å²) in [5.41, 5.74) is 3.55. The van der Waals surface area contributed by atoms with E-state index < -0.39 is 0 Å². The highest BCUT2D eigenvalue weighted by atomic mass is 35.5. The van der Waals surface area contributed by atoms with E-state index in [4.69, 9.17) is 16.3 Å². The number of ether oxygens (including phenoxy) is 1. The Hall–Kier alpha value is -1.74. The zero-order chi connectivity index (χ0) is 14.0. The minimum atomic E-state index is -0.0519. The molecule has 100 valence electrons. The molecule has 3 nitrogen and oxygen atoms in total. The minimum absolute atomic E-state index is 0.00239. The standard InChI is InChI=1S/C15H16ClNO2/c1-10-7-14(15(18)9-16)11(2)17(10)12-5-4-6-13(8-12)19-3/h4-8H,9H2,1-3H3. The third-order valence-electron chi connectivity index (χ3n) is 3.16. The molecule has 0 bridgehead atoms. The lowest BCUT2D eigenvalue weighted by molar-refractivity contribution is 0.102. The predicted octanol–water partition coefficient (Wildman–Crippen LogP) is 3.52.